The van der Waals surface area contributed by atoms with Crippen molar-refractivity contribution in [2.24, 2.45) is 5.73 Å². The lowest BCUT2D eigenvalue weighted by molar-refractivity contribution is 0.0921. The fraction of sp³-hybridized carbons (Fsp3) is 0.176. The molecule has 0 aliphatic heterocycles. The van der Waals surface area contributed by atoms with E-state index in [2.05, 4.69) is 4.98 Å². The number of hydrogen-bond donors (Lipinski definition) is 2. The van der Waals surface area contributed by atoms with Gasteiger partial charge in [0.15, 0.2) is 12.4 Å². The van der Waals surface area contributed by atoms with Gasteiger partial charge in [0.1, 0.15) is 5.75 Å². The minimum absolute atomic E-state index is 0.0545. The summed E-state index contributed by atoms with van der Waals surface area (Å²) in [5.74, 6) is 0.436. The van der Waals surface area contributed by atoms with E-state index < -0.39 is 0 Å². The molecular formula is C17H17N3O3. The molecule has 0 spiro atoms. The van der Waals surface area contributed by atoms with Crippen LogP contribution < -0.4 is 16.2 Å². The van der Waals surface area contributed by atoms with Crippen molar-refractivity contribution in [3.63, 3.8) is 0 Å². The molecule has 3 rings (SSSR count). The van der Waals surface area contributed by atoms with Gasteiger partial charge >= 0.3 is 5.69 Å². The summed E-state index contributed by atoms with van der Waals surface area (Å²) >= 11 is 0. The molecule has 1 heterocycles. The topological polar surface area (TPSA) is 90.1 Å². The number of carbonyl (C=O) groups excluding carboxylic acids is 1. The molecule has 0 atom stereocenters. The van der Waals surface area contributed by atoms with Gasteiger partial charge in [-0.25, -0.2) is 4.79 Å². The summed E-state index contributed by atoms with van der Waals surface area (Å²) in [4.78, 5) is 26.7. The van der Waals surface area contributed by atoms with E-state index in [9.17, 15) is 9.59 Å². The quantitative estimate of drug-likeness (QED) is 0.676. The normalized spacial score (nSPS) is 10.8. The molecule has 6 heteroatoms. The Morgan fingerprint density at radius 1 is 1.17 bits per heavy atom. The number of hydrogen-bond acceptors (Lipinski definition) is 4. The third-order valence-electron chi connectivity index (χ3n) is 3.57. The number of ketones is 1. The predicted octanol–water partition coefficient (Wildman–Crippen LogP) is 1.55. The molecule has 6 nitrogen and oxygen atoms in total. The number of benzene rings is 2. The van der Waals surface area contributed by atoms with Crippen LogP contribution in [0.15, 0.2) is 53.3 Å². The molecule has 2 aromatic carbocycles. The van der Waals surface area contributed by atoms with Crippen LogP contribution in [0.25, 0.3) is 11.0 Å². The van der Waals surface area contributed by atoms with Gasteiger partial charge in [-0.15, -0.1) is 0 Å². The lowest BCUT2D eigenvalue weighted by Gasteiger charge is -2.07. The number of imidazole rings is 1. The van der Waals surface area contributed by atoms with Gasteiger partial charge in [0.05, 0.1) is 11.0 Å². The Morgan fingerprint density at radius 3 is 2.70 bits per heavy atom. The van der Waals surface area contributed by atoms with Crippen molar-refractivity contribution in [1.29, 1.82) is 0 Å². The van der Waals surface area contributed by atoms with Crippen LogP contribution in [0.3, 0.4) is 0 Å². The van der Waals surface area contributed by atoms with Crippen molar-refractivity contribution in [2.75, 3.05) is 13.2 Å². The number of carbonyl (C=O) groups is 1. The molecule has 0 radical (unpaired) electrons. The second-order valence-electron chi connectivity index (χ2n) is 5.13. The summed E-state index contributed by atoms with van der Waals surface area (Å²) in [6, 6.07) is 14.2. The Bertz CT molecular complexity index is 881. The Labute approximate surface area is 132 Å². The molecule has 3 aromatic rings. The molecule has 0 amide bonds. The third kappa shape index (κ3) is 3.17. The Kier molecular flexibility index (Phi) is 4.25. The lowest BCUT2D eigenvalue weighted by atomic mass is 10.1. The van der Waals surface area contributed by atoms with E-state index in [1.807, 2.05) is 18.2 Å². The van der Waals surface area contributed by atoms with Crippen LogP contribution in [0.1, 0.15) is 10.4 Å². The minimum Gasteiger partial charge on any atom is -0.485 e. The molecule has 0 aliphatic carbocycles. The van der Waals surface area contributed by atoms with Gasteiger partial charge in [0.25, 0.3) is 0 Å². The van der Waals surface area contributed by atoms with E-state index >= 15 is 0 Å². The van der Waals surface area contributed by atoms with Crippen molar-refractivity contribution in [1.82, 2.24) is 9.55 Å². The van der Waals surface area contributed by atoms with Crippen LogP contribution in [0.4, 0.5) is 0 Å². The van der Waals surface area contributed by atoms with E-state index in [0.29, 0.717) is 35.4 Å². The van der Waals surface area contributed by atoms with Gasteiger partial charge < -0.3 is 15.5 Å². The second-order valence-corrected chi connectivity index (χ2v) is 5.13. The third-order valence-corrected chi connectivity index (χ3v) is 3.57. The summed E-state index contributed by atoms with van der Waals surface area (Å²) in [6.07, 6.45) is 0. The van der Waals surface area contributed by atoms with Crippen LogP contribution in [-0.4, -0.2) is 28.5 Å². The highest BCUT2D eigenvalue weighted by Gasteiger charge is 2.09. The fourth-order valence-electron chi connectivity index (χ4n) is 2.43. The molecule has 23 heavy (non-hydrogen) atoms. The monoisotopic (exact) mass is 311 g/mol. The highest BCUT2D eigenvalue weighted by atomic mass is 16.5. The maximum absolute atomic E-state index is 12.1. The molecule has 0 aliphatic rings. The summed E-state index contributed by atoms with van der Waals surface area (Å²) < 4.78 is 7.12. The molecule has 0 saturated carbocycles. The zero-order valence-corrected chi connectivity index (χ0v) is 12.5. The van der Waals surface area contributed by atoms with Gasteiger partial charge in [-0.1, -0.05) is 30.3 Å². The van der Waals surface area contributed by atoms with Crippen molar-refractivity contribution in [3.8, 4) is 5.75 Å². The number of nitrogens with zero attached hydrogens (tertiary/aromatic N) is 1. The zero-order chi connectivity index (χ0) is 16.2. The van der Waals surface area contributed by atoms with Crippen molar-refractivity contribution >= 4 is 16.8 Å². The summed E-state index contributed by atoms with van der Waals surface area (Å²) in [5, 5.41) is 0. The number of fused-ring (bicyclic) bond motifs is 1. The molecule has 0 saturated heterocycles. The number of aromatic nitrogens is 2. The standard InChI is InChI=1S/C17H17N3O3/c18-8-9-20-15-10-13(6-7-14(15)19-17(20)22)23-11-16(21)12-4-2-1-3-5-12/h1-7,10H,8-9,11,18H2,(H,19,22). The minimum atomic E-state index is -0.206. The first kappa shape index (κ1) is 15.1. The first-order valence-electron chi connectivity index (χ1n) is 7.33. The molecule has 0 fully saturated rings. The number of H-pyrrole nitrogens is 1. The van der Waals surface area contributed by atoms with Crippen molar-refractivity contribution < 1.29 is 9.53 Å². The average Bonchev–Trinajstić information content (AvgIpc) is 2.89. The average molecular weight is 311 g/mol. The maximum Gasteiger partial charge on any atom is 0.326 e. The van der Waals surface area contributed by atoms with E-state index in [1.165, 1.54) is 0 Å². The number of Topliss-reactive ketones (excluding diaryl/α,β-unsaturated/α-hetero) is 1. The number of rotatable bonds is 6. The Morgan fingerprint density at radius 2 is 1.96 bits per heavy atom. The predicted molar refractivity (Wildman–Crippen MR) is 87.9 cm³/mol. The molecule has 0 bridgehead atoms. The summed E-state index contributed by atoms with van der Waals surface area (Å²) in [5.41, 5.74) is 7.36. The maximum atomic E-state index is 12.1. The molecule has 3 N–H and O–H groups in total. The highest BCUT2D eigenvalue weighted by Crippen LogP contribution is 2.19. The Hall–Kier alpha value is -2.86. The zero-order valence-electron chi connectivity index (χ0n) is 12.5. The molecule has 1 aromatic heterocycles. The van der Waals surface area contributed by atoms with Crippen molar-refractivity contribution in [2.45, 2.75) is 6.54 Å². The van der Waals surface area contributed by atoms with E-state index in [1.54, 1.807) is 34.9 Å². The van der Waals surface area contributed by atoms with Gasteiger partial charge in [-0.3, -0.25) is 9.36 Å². The number of nitrogens with one attached hydrogen (secondary N) is 1. The second kappa shape index (κ2) is 6.50. The van der Waals surface area contributed by atoms with Crippen LogP contribution in [0.2, 0.25) is 0 Å². The smallest absolute Gasteiger partial charge is 0.326 e. The summed E-state index contributed by atoms with van der Waals surface area (Å²) in [6.45, 7) is 0.733. The summed E-state index contributed by atoms with van der Waals surface area (Å²) in [7, 11) is 0. The number of aromatic amines is 1. The molecular weight excluding hydrogens is 294 g/mol. The van der Waals surface area contributed by atoms with Gasteiger partial charge in [-0.05, 0) is 12.1 Å². The number of nitrogens with two attached hydrogens (primary N) is 1. The largest absolute Gasteiger partial charge is 0.485 e. The van der Waals surface area contributed by atoms with Crippen LogP contribution in [-0.2, 0) is 6.54 Å². The first-order valence-corrected chi connectivity index (χ1v) is 7.33. The van der Waals surface area contributed by atoms with Crippen LogP contribution >= 0.6 is 0 Å². The van der Waals surface area contributed by atoms with Gasteiger partial charge in [-0.2, -0.15) is 0 Å². The van der Waals surface area contributed by atoms with Gasteiger partial charge in [0, 0.05) is 24.7 Å². The van der Waals surface area contributed by atoms with Gasteiger partial charge in [0.2, 0.25) is 0 Å². The van der Waals surface area contributed by atoms with Crippen LogP contribution in [0.5, 0.6) is 5.75 Å². The van der Waals surface area contributed by atoms with Crippen molar-refractivity contribution in [3.05, 3.63) is 64.6 Å². The SMILES string of the molecule is NCCn1c(=O)[nH]c2ccc(OCC(=O)c3ccccc3)cc21. The number of ether oxygens (including phenoxy) is 1. The van der Waals surface area contributed by atoms with Crippen LogP contribution in [0, 0.1) is 0 Å². The highest BCUT2D eigenvalue weighted by molar-refractivity contribution is 5.97. The lowest BCUT2D eigenvalue weighted by Crippen LogP contribution is -2.21. The van der Waals surface area contributed by atoms with E-state index in [0.717, 1.165) is 0 Å². The van der Waals surface area contributed by atoms with E-state index in [-0.39, 0.29) is 18.1 Å². The fourth-order valence-corrected chi connectivity index (χ4v) is 2.43. The first-order chi connectivity index (χ1) is 11.2. The molecule has 118 valence electrons. The molecule has 0 unspecified atom stereocenters. The Balaban J connectivity index is 1.79. The van der Waals surface area contributed by atoms with E-state index in [4.69, 9.17) is 10.5 Å².